The summed E-state index contributed by atoms with van der Waals surface area (Å²) in [5, 5.41) is 15.3. The van der Waals surface area contributed by atoms with Gasteiger partial charge in [-0.2, -0.15) is 5.26 Å². The molecule has 2 aromatic carbocycles. The molecule has 2 fully saturated rings. The van der Waals surface area contributed by atoms with Crippen molar-refractivity contribution in [2.45, 2.75) is 25.4 Å². The topological polar surface area (TPSA) is 64.4 Å². The van der Waals surface area contributed by atoms with Crippen molar-refractivity contribution in [1.82, 2.24) is 9.88 Å². The van der Waals surface area contributed by atoms with Gasteiger partial charge in [-0.05, 0) is 36.6 Å². The molecule has 3 aromatic rings. The summed E-state index contributed by atoms with van der Waals surface area (Å²) in [6, 6.07) is 18.9. The van der Waals surface area contributed by atoms with Crippen LogP contribution < -0.4 is 10.2 Å². The Morgan fingerprint density at radius 3 is 2.48 bits per heavy atom. The van der Waals surface area contributed by atoms with Crippen LogP contribution in [0.5, 0.6) is 0 Å². The number of para-hydroxylation sites is 1. The highest BCUT2D eigenvalue weighted by atomic mass is 35.5. The minimum atomic E-state index is 0.579. The average Bonchev–Trinajstić information content (AvgIpc) is 2.88. The molecule has 33 heavy (non-hydrogen) atoms. The van der Waals surface area contributed by atoms with Gasteiger partial charge in [-0.3, -0.25) is 4.90 Å². The second kappa shape index (κ2) is 9.96. The molecule has 0 unspecified atom stereocenters. The van der Waals surface area contributed by atoms with Crippen LogP contribution >= 0.6 is 11.6 Å². The number of nitriles is 1. The first-order valence-electron chi connectivity index (χ1n) is 11.6. The van der Waals surface area contributed by atoms with Gasteiger partial charge in [0.25, 0.3) is 0 Å². The van der Waals surface area contributed by atoms with Crippen LogP contribution in [0.15, 0.2) is 48.5 Å². The number of benzene rings is 2. The number of hydrogen-bond donors (Lipinski definition) is 1. The number of piperidine rings is 1. The smallest absolute Gasteiger partial charge is 0.147 e. The van der Waals surface area contributed by atoms with E-state index in [4.69, 9.17) is 21.3 Å². The van der Waals surface area contributed by atoms with E-state index in [1.165, 1.54) is 0 Å². The van der Waals surface area contributed by atoms with Crippen molar-refractivity contribution >= 4 is 34.0 Å². The molecule has 2 saturated heterocycles. The van der Waals surface area contributed by atoms with Crippen LogP contribution in [0.4, 0.5) is 11.5 Å². The van der Waals surface area contributed by atoms with E-state index in [1.807, 2.05) is 42.5 Å². The van der Waals surface area contributed by atoms with Gasteiger partial charge < -0.3 is 15.0 Å². The van der Waals surface area contributed by atoms with Crippen molar-refractivity contribution < 1.29 is 4.74 Å². The number of morpholine rings is 1. The van der Waals surface area contributed by atoms with E-state index in [1.54, 1.807) is 0 Å². The van der Waals surface area contributed by atoms with Crippen molar-refractivity contribution in [3.8, 4) is 6.07 Å². The third-order valence-electron chi connectivity index (χ3n) is 6.69. The summed E-state index contributed by atoms with van der Waals surface area (Å²) in [4.78, 5) is 9.76. The molecule has 170 valence electrons. The highest BCUT2D eigenvalue weighted by Crippen LogP contribution is 2.36. The zero-order chi connectivity index (χ0) is 22.6. The number of fused-ring (bicyclic) bond motifs is 1. The van der Waals surface area contributed by atoms with E-state index in [9.17, 15) is 5.26 Å². The molecule has 2 aliphatic heterocycles. The van der Waals surface area contributed by atoms with Crippen LogP contribution in [0.1, 0.15) is 24.0 Å². The predicted molar refractivity (Wildman–Crippen MR) is 133 cm³/mol. The van der Waals surface area contributed by atoms with Gasteiger partial charge in [0.05, 0.1) is 24.4 Å². The molecule has 5 rings (SSSR count). The molecule has 0 atom stereocenters. The van der Waals surface area contributed by atoms with Crippen LogP contribution in [0.2, 0.25) is 5.02 Å². The highest BCUT2D eigenvalue weighted by molar-refractivity contribution is 6.30. The fourth-order valence-corrected chi connectivity index (χ4v) is 5.07. The molecule has 3 heterocycles. The Morgan fingerprint density at radius 2 is 1.76 bits per heavy atom. The first-order valence-corrected chi connectivity index (χ1v) is 12.0. The fourth-order valence-electron chi connectivity index (χ4n) is 4.94. The van der Waals surface area contributed by atoms with Crippen molar-refractivity contribution in [2.75, 3.05) is 49.6 Å². The van der Waals surface area contributed by atoms with E-state index in [0.717, 1.165) is 74.4 Å². The lowest BCUT2D eigenvalue weighted by molar-refractivity contribution is 0.0115. The molecule has 1 N–H and O–H groups in total. The van der Waals surface area contributed by atoms with E-state index < -0.39 is 0 Å². The minimum absolute atomic E-state index is 0.579. The molecule has 0 aliphatic carbocycles. The Morgan fingerprint density at radius 1 is 1.03 bits per heavy atom. The van der Waals surface area contributed by atoms with Gasteiger partial charge in [-0.25, -0.2) is 4.98 Å². The summed E-state index contributed by atoms with van der Waals surface area (Å²) in [6.07, 6.45) is 2.18. The molecule has 0 saturated carbocycles. The minimum Gasteiger partial charge on any atom is -0.379 e. The summed E-state index contributed by atoms with van der Waals surface area (Å²) < 4.78 is 5.52. The first kappa shape index (κ1) is 22.0. The van der Waals surface area contributed by atoms with Crippen LogP contribution in [0.3, 0.4) is 0 Å². The third kappa shape index (κ3) is 4.77. The Balaban J connectivity index is 1.42. The highest BCUT2D eigenvalue weighted by Gasteiger charge is 2.28. The lowest BCUT2D eigenvalue weighted by atomic mass is 9.99. The SMILES string of the molecule is N#Cc1c(NCc2ccc(Cl)cc2)nc2ccccc2c1N1CCC(N2CCOCC2)CC1. The normalized spacial score (nSPS) is 17.8. The molecule has 7 heteroatoms. The van der Waals surface area contributed by atoms with Gasteiger partial charge in [-0.1, -0.05) is 41.9 Å². The van der Waals surface area contributed by atoms with Gasteiger partial charge in [0, 0.05) is 49.2 Å². The number of pyridine rings is 1. The summed E-state index contributed by atoms with van der Waals surface area (Å²) in [5.41, 5.74) is 3.61. The number of rotatable bonds is 5. The average molecular weight is 462 g/mol. The van der Waals surface area contributed by atoms with E-state index in [0.29, 0.717) is 29.0 Å². The number of aromatic nitrogens is 1. The van der Waals surface area contributed by atoms with Crippen molar-refractivity contribution in [3.63, 3.8) is 0 Å². The summed E-state index contributed by atoms with van der Waals surface area (Å²) in [5.74, 6) is 0.636. The standard InChI is InChI=1S/C26H28ClN5O/c27-20-7-5-19(6-8-20)18-29-26-23(17-28)25(22-3-1-2-4-24(22)30-26)32-11-9-21(10-12-32)31-13-15-33-16-14-31/h1-8,21H,9-16,18H2,(H,29,30). The lowest BCUT2D eigenvalue weighted by Gasteiger charge is -2.41. The zero-order valence-corrected chi connectivity index (χ0v) is 19.4. The Hall–Kier alpha value is -2.85. The van der Waals surface area contributed by atoms with Crippen LogP contribution in [-0.2, 0) is 11.3 Å². The largest absolute Gasteiger partial charge is 0.379 e. The summed E-state index contributed by atoms with van der Waals surface area (Å²) >= 11 is 6.02. The van der Waals surface area contributed by atoms with E-state index in [2.05, 4.69) is 27.3 Å². The fraction of sp³-hybridized carbons (Fsp3) is 0.385. The number of anilines is 2. The first-order chi connectivity index (χ1) is 16.2. The molecule has 0 spiro atoms. The lowest BCUT2D eigenvalue weighted by Crippen LogP contribution is -2.49. The number of nitrogens with one attached hydrogen (secondary N) is 1. The van der Waals surface area contributed by atoms with E-state index >= 15 is 0 Å². The van der Waals surface area contributed by atoms with Gasteiger partial charge in [-0.15, -0.1) is 0 Å². The van der Waals surface area contributed by atoms with Gasteiger partial charge in [0.15, 0.2) is 0 Å². The quantitative estimate of drug-likeness (QED) is 0.595. The third-order valence-corrected chi connectivity index (χ3v) is 6.94. The molecular formula is C26H28ClN5O. The monoisotopic (exact) mass is 461 g/mol. The maximum atomic E-state index is 10.2. The van der Waals surface area contributed by atoms with Gasteiger partial charge in [0.2, 0.25) is 0 Å². The Bertz CT molecular complexity index is 1150. The molecular weight excluding hydrogens is 434 g/mol. The van der Waals surface area contributed by atoms with Crippen molar-refractivity contribution in [3.05, 3.63) is 64.7 Å². The Kier molecular flexibility index (Phi) is 6.63. The molecule has 0 radical (unpaired) electrons. The Labute approximate surface area is 199 Å². The number of hydrogen-bond acceptors (Lipinski definition) is 6. The molecule has 0 amide bonds. The number of nitrogens with zero attached hydrogens (tertiary/aromatic N) is 4. The number of ether oxygens (including phenoxy) is 1. The molecule has 2 aliphatic rings. The maximum absolute atomic E-state index is 10.2. The zero-order valence-electron chi connectivity index (χ0n) is 18.6. The van der Waals surface area contributed by atoms with Crippen molar-refractivity contribution in [2.24, 2.45) is 0 Å². The van der Waals surface area contributed by atoms with Crippen molar-refractivity contribution in [1.29, 1.82) is 5.26 Å². The summed E-state index contributed by atoms with van der Waals surface area (Å²) in [7, 11) is 0. The van der Waals surface area contributed by atoms with Gasteiger partial charge in [0.1, 0.15) is 17.5 Å². The number of halogens is 1. The van der Waals surface area contributed by atoms with Crippen LogP contribution in [0.25, 0.3) is 10.9 Å². The molecule has 1 aromatic heterocycles. The molecule has 0 bridgehead atoms. The van der Waals surface area contributed by atoms with Crippen LogP contribution in [0, 0.1) is 11.3 Å². The maximum Gasteiger partial charge on any atom is 0.147 e. The second-order valence-electron chi connectivity index (χ2n) is 8.66. The van der Waals surface area contributed by atoms with Crippen LogP contribution in [-0.4, -0.2) is 55.3 Å². The van der Waals surface area contributed by atoms with Gasteiger partial charge >= 0.3 is 0 Å². The molecule has 6 nitrogen and oxygen atoms in total. The summed E-state index contributed by atoms with van der Waals surface area (Å²) in [6.45, 7) is 6.14. The second-order valence-corrected chi connectivity index (χ2v) is 9.10. The predicted octanol–water partition coefficient (Wildman–Crippen LogP) is 4.67. The van der Waals surface area contributed by atoms with E-state index in [-0.39, 0.29) is 0 Å².